The van der Waals surface area contributed by atoms with Gasteiger partial charge in [0.1, 0.15) is 5.75 Å². The molecular weight excluding hydrogens is 364 g/mol. The van der Waals surface area contributed by atoms with E-state index < -0.39 is 0 Å². The molecule has 1 N–H and O–H groups in total. The molecule has 1 aliphatic carbocycles. The van der Waals surface area contributed by atoms with E-state index in [2.05, 4.69) is 15.2 Å². The average Bonchev–Trinajstić information content (AvgIpc) is 3.53. The zero-order valence-electron chi connectivity index (χ0n) is 16.5. The SMILES string of the molecule is COc1ccc(C2(C(=O)N3CCc4[nH]nc(-c5cccnc5)c4CC3)CC2)cc1. The molecule has 1 aliphatic heterocycles. The molecule has 2 aliphatic rings. The zero-order chi connectivity index (χ0) is 19.8. The summed E-state index contributed by atoms with van der Waals surface area (Å²) in [6, 6.07) is 11.9. The molecule has 29 heavy (non-hydrogen) atoms. The number of nitrogens with zero attached hydrogens (tertiary/aromatic N) is 3. The van der Waals surface area contributed by atoms with Crippen molar-refractivity contribution in [1.29, 1.82) is 0 Å². The van der Waals surface area contributed by atoms with Crippen LogP contribution in [0.1, 0.15) is 29.7 Å². The van der Waals surface area contributed by atoms with Crippen LogP contribution in [0.3, 0.4) is 0 Å². The molecule has 0 saturated heterocycles. The van der Waals surface area contributed by atoms with Crippen molar-refractivity contribution >= 4 is 5.91 Å². The topological polar surface area (TPSA) is 71.1 Å². The van der Waals surface area contributed by atoms with Crippen molar-refractivity contribution in [2.45, 2.75) is 31.1 Å². The number of fused-ring (bicyclic) bond motifs is 1. The number of pyridine rings is 1. The van der Waals surface area contributed by atoms with E-state index in [0.29, 0.717) is 0 Å². The minimum atomic E-state index is -0.352. The Bertz CT molecular complexity index is 1020. The summed E-state index contributed by atoms with van der Waals surface area (Å²) in [7, 11) is 1.66. The Kier molecular flexibility index (Phi) is 4.34. The summed E-state index contributed by atoms with van der Waals surface area (Å²) in [5.74, 6) is 1.07. The molecule has 6 nitrogen and oxygen atoms in total. The Labute approximate surface area is 169 Å². The normalized spacial score (nSPS) is 17.3. The predicted molar refractivity (Wildman–Crippen MR) is 110 cm³/mol. The van der Waals surface area contributed by atoms with E-state index in [-0.39, 0.29) is 11.3 Å². The quantitative estimate of drug-likeness (QED) is 0.745. The largest absolute Gasteiger partial charge is 0.497 e. The summed E-state index contributed by atoms with van der Waals surface area (Å²) >= 11 is 0. The Balaban J connectivity index is 1.36. The van der Waals surface area contributed by atoms with Crippen LogP contribution in [0.25, 0.3) is 11.3 Å². The minimum Gasteiger partial charge on any atom is -0.497 e. The summed E-state index contributed by atoms with van der Waals surface area (Å²) in [6.07, 6.45) is 7.05. The number of carbonyl (C=O) groups excluding carboxylic acids is 1. The lowest BCUT2D eigenvalue weighted by atomic mass is 9.94. The van der Waals surface area contributed by atoms with E-state index in [1.165, 1.54) is 5.56 Å². The maximum absolute atomic E-state index is 13.5. The predicted octanol–water partition coefficient (Wildman–Crippen LogP) is 3.14. The highest BCUT2D eigenvalue weighted by Crippen LogP contribution is 2.50. The average molecular weight is 388 g/mol. The fourth-order valence-corrected chi connectivity index (χ4v) is 4.39. The Morgan fingerprint density at radius 3 is 2.62 bits per heavy atom. The van der Waals surface area contributed by atoms with Crippen LogP contribution in [0.4, 0.5) is 0 Å². The Hall–Kier alpha value is -3.15. The maximum atomic E-state index is 13.5. The third-order valence-electron chi connectivity index (χ3n) is 6.24. The van der Waals surface area contributed by atoms with E-state index in [0.717, 1.165) is 67.0 Å². The number of H-pyrrole nitrogens is 1. The summed E-state index contributed by atoms with van der Waals surface area (Å²) < 4.78 is 5.26. The van der Waals surface area contributed by atoms with Crippen LogP contribution < -0.4 is 4.74 Å². The molecule has 0 unspecified atom stereocenters. The highest BCUT2D eigenvalue weighted by atomic mass is 16.5. The van der Waals surface area contributed by atoms with Crippen LogP contribution in [0.2, 0.25) is 0 Å². The van der Waals surface area contributed by atoms with E-state index in [1.54, 1.807) is 13.3 Å². The van der Waals surface area contributed by atoms with Crippen molar-refractivity contribution in [3.63, 3.8) is 0 Å². The van der Waals surface area contributed by atoms with Crippen LogP contribution in [0.15, 0.2) is 48.8 Å². The molecule has 1 amide bonds. The molecule has 0 atom stereocenters. The first-order chi connectivity index (χ1) is 14.2. The van der Waals surface area contributed by atoms with Gasteiger partial charge in [0.2, 0.25) is 5.91 Å². The highest BCUT2D eigenvalue weighted by molar-refractivity contribution is 5.91. The second-order valence-corrected chi connectivity index (χ2v) is 7.87. The minimum absolute atomic E-state index is 0.253. The summed E-state index contributed by atoms with van der Waals surface area (Å²) in [5, 5.41) is 7.72. The fourth-order valence-electron chi connectivity index (χ4n) is 4.39. The van der Waals surface area contributed by atoms with E-state index in [1.807, 2.05) is 47.5 Å². The van der Waals surface area contributed by atoms with Crippen molar-refractivity contribution in [3.05, 3.63) is 65.6 Å². The van der Waals surface area contributed by atoms with E-state index in [9.17, 15) is 4.79 Å². The highest BCUT2D eigenvalue weighted by Gasteiger charge is 2.53. The van der Waals surface area contributed by atoms with Crippen molar-refractivity contribution in [2.24, 2.45) is 0 Å². The molecule has 5 rings (SSSR count). The second kappa shape index (κ2) is 7.03. The molecule has 2 aromatic heterocycles. The van der Waals surface area contributed by atoms with Crippen LogP contribution >= 0.6 is 0 Å². The van der Waals surface area contributed by atoms with E-state index >= 15 is 0 Å². The summed E-state index contributed by atoms with van der Waals surface area (Å²) in [6.45, 7) is 1.44. The lowest BCUT2D eigenvalue weighted by Gasteiger charge is -2.26. The molecule has 0 spiro atoms. The van der Waals surface area contributed by atoms with Gasteiger partial charge in [-0.3, -0.25) is 14.9 Å². The third-order valence-corrected chi connectivity index (χ3v) is 6.24. The first-order valence-corrected chi connectivity index (χ1v) is 10.1. The number of hydrogen-bond donors (Lipinski definition) is 1. The lowest BCUT2D eigenvalue weighted by Crippen LogP contribution is -2.40. The number of ether oxygens (including phenoxy) is 1. The number of aromatic amines is 1. The molecule has 1 saturated carbocycles. The first-order valence-electron chi connectivity index (χ1n) is 10.1. The van der Waals surface area contributed by atoms with Gasteiger partial charge in [-0.15, -0.1) is 0 Å². The third kappa shape index (κ3) is 3.09. The van der Waals surface area contributed by atoms with Crippen LogP contribution in [0.5, 0.6) is 5.75 Å². The molecule has 0 radical (unpaired) electrons. The fraction of sp³-hybridized carbons (Fsp3) is 0.348. The smallest absolute Gasteiger partial charge is 0.233 e. The van der Waals surface area contributed by atoms with Gasteiger partial charge >= 0.3 is 0 Å². The van der Waals surface area contributed by atoms with Gasteiger partial charge in [-0.05, 0) is 49.1 Å². The molecule has 1 aromatic carbocycles. The second-order valence-electron chi connectivity index (χ2n) is 7.87. The first kappa shape index (κ1) is 17.9. The van der Waals surface area contributed by atoms with Gasteiger partial charge in [0.15, 0.2) is 0 Å². The van der Waals surface area contributed by atoms with Gasteiger partial charge in [0.25, 0.3) is 0 Å². The molecule has 148 valence electrons. The van der Waals surface area contributed by atoms with Gasteiger partial charge in [0.05, 0.1) is 18.2 Å². The number of benzene rings is 1. The number of nitrogens with one attached hydrogen (secondary N) is 1. The number of aromatic nitrogens is 3. The Morgan fingerprint density at radius 1 is 1.14 bits per heavy atom. The molecule has 3 aromatic rings. The monoisotopic (exact) mass is 388 g/mol. The van der Waals surface area contributed by atoms with Crippen molar-refractivity contribution in [2.75, 3.05) is 20.2 Å². The van der Waals surface area contributed by atoms with Crippen LogP contribution in [0, 0.1) is 0 Å². The van der Waals surface area contributed by atoms with Crippen molar-refractivity contribution < 1.29 is 9.53 Å². The lowest BCUT2D eigenvalue weighted by molar-refractivity contribution is -0.133. The molecule has 1 fully saturated rings. The number of carbonyl (C=O) groups is 1. The van der Waals surface area contributed by atoms with Crippen LogP contribution in [-0.4, -0.2) is 46.2 Å². The molecule has 3 heterocycles. The van der Waals surface area contributed by atoms with Gasteiger partial charge in [0, 0.05) is 48.7 Å². The van der Waals surface area contributed by atoms with Gasteiger partial charge in [-0.2, -0.15) is 5.10 Å². The summed E-state index contributed by atoms with van der Waals surface area (Å²) in [5.41, 5.74) is 5.06. The standard InChI is InChI=1S/C23H24N4O2/c1-29-18-6-4-17(5-7-18)23(10-11-23)22(28)27-13-8-19-20(9-14-27)25-26-21(19)16-3-2-12-24-15-16/h2-7,12,15H,8-11,13-14H2,1H3,(H,25,26). The van der Waals surface area contributed by atoms with Crippen molar-refractivity contribution in [3.8, 4) is 17.0 Å². The Morgan fingerprint density at radius 2 is 1.93 bits per heavy atom. The number of amides is 1. The van der Waals surface area contributed by atoms with Gasteiger partial charge in [-0.25, -0.2) is 0 Å². The number of hydrogen-bond acceptors (Lipinski definition) is 4. The van der Waals surface area contributed by atoms with Crippen molar-refractivity contribution in [1.82, 2.24) is 20.1 Å². The molecule has 6 heteroatoms. The summed E-state index contributed by atoms with van der Waals surface area (Å²) in [4.78, 5) is 19.7. The zero-order valence-corrected chi connectivity index (χ0v) is 16.5. The van der Waals surface area contributed by atoms with Gasteiger partial charge < -0.3 is 9.64 Å². The van der Waals surface area contributed by atoms with Gasteiger partial charge in [-0.1, -0.05) is 12.1 Å². The van der Waals surface area contributed by atoms with Crippen LogP contribution in [-0.2, 0) is 23.1 Å². The number of methoxy groups -OCH3 is 1. The molecule has 0 bridgehead atoms. The maximum Gasteiger partial charge on any atom is 0.233 e. The molecular formula is C23H24N4O2. The number of rotatable bonds is 4. The van der Waals surface area contributed by atoms with E-state index in [4.69, 9.17) is 4.74 Å².